The second-order valence-electron chi connectivity index (χ2n) is 8.43. The maximum Gasteiger partial charge on any atom is 0.257 e. The molecule has 2 fully saturated rings. The summed E-state index contributed by atoms with van der Waals surface area (Å²) in [6, 6.07) is 14.6. The van der Waals surface area contributed by atoms with Crippen molar-refractivity contribution in [2.24, 2.45) is 5.92 Å². The number of methoxy groups -OCH3 is 1. The summed E-state index contributed by atoms with van der Waals surface area (Å²) in [5, 5.41) is 0. The van der Waals surface area contributed by atoms with Crippen LogP contribution in [0.25, 0.3) is 0 Å². The van der Waals surface area contributed by atoms with Crippen LogP contribution in [0.15, 0.2) is 48.5 Å². The number of halogens is 1. The van der Waals surface area contributed by atoms with E-state index in [0.29, 0.717) is 29.8 Å². The van der Waals surface area contributed by atoms with Crippen LogP contribution >= 0.6 is 0 Å². The normalized spacial score (nSPS) is 23.4. The van der Waals surface area contributed by atoms with Crippen molar-refractivity contribution in [1.29, 1.82) is 0 Å². The molecule has 0 unspecified atom stereocenters. The Hall–Kier alpha value is -2.56. The number of piperidine rings is 1. The maximum atomic E-state index is 13.8. The lowest BCUT2D eigenvalue weighted by Crippen LogP contribution is -2.50. The van der Waals surface area contributed by atoms with E-state index >= 15 is 0 Å². The molecule has 28 heavy (non-hydrogen) atoms. The molecule has 0 bridgehead atoms. The average Bonchev–Trinajstić information content (AvgIpc) is 2.96. The van der Waals surface area contributed by atoms with Gasteiger partial charge >= 0.3 is 0 Å². The highest BCUT2D eigenvalue weighted by atomic mass is 19.1. The van der Waals surface area contributed by atoms with Gasteiger partial charge in [-0.05, 0) is 62.9 Å². The SMILES string of the molecule is COc1ccccc1C(=O)N1CC[C@H]2[C@@H](C1)CC(C)(C)N2c1cccc(F)c1. The van der Waals surface area contributed by atoms with Crippen molar-refractivity contribution in [2.75, 3.05) is 25.1 Å². The van der Waals surface area contributed by atoms with E-state index in [-0.39, 0.29) is 17.3 Å². The van der Waals surface area contributed by atoms with Crippen molar-refractivity contribution in [3.8, 4) is 5.75 Å². The highest BCUT2D eigenvalue weighted by Gasteiger charge is 2.48. The number of nitrogens with zero attached hydrogens (tertiary/aromatic N) is 2. The molecular formula is C23H27FN2O2. The van der Waals surface area contributed by atoms with Gasteiger partial charge in [-0.2, -0.15) is 0 Å². The van der Waals surface area contributed by atoms with E-state index in [9.17, 15) is 9.18 Å². The van der Waals surface area contributed by atoms with E-state index in [1.54, 1.807) is 19.2 Å². The van der Waals surface area contributed by atoms with Crippen molar-refractivity contribution < 1.29 is 13.9 Å². The molecule has 0 aliphatic carbocycles. The molecule has 0 radical (unpaired) electrons. The third-order valence-corrected chi connectivity index (χ3v) is 6.15. The number of para-hydroxylation sites is 1. The van der Waals surface area contributed by atoms with Gasteiger partial charge in [-0.1, -0.05) is 18.2 Å². The molecule has 2 aromatic rings. The standard InChI is InChI=1S/C23H27FN2O2/c1-23(2)14-16-15-25(22(27)19-9-4-5-10-21(19)28-3)12-11-20(16)26(23)18-8-6-7-17(24)13-18/h4-10,13,16,20H,11-12,14-15H2,1-3H3/t16-,20+/m1/s1. The monoisotopic (exact) mass is 382 g/mol. The van der Waals surface area contributed by atoms with Crippen molar-refractivity contribution in [2.45, 2.75) is 38.3 Å². The smallest absolute Gasteiger partial charge is 0.257 e. The lowest BCUT2D eigenvalue weighted by atomic mass is 9.89. The van der Waals surface area contributed by atoms with Crippen molar-refractivity contribution in [3.63, 3.8) is 0 Å². The van der Waals surface area contributed by atoms with E-state index < -0.39 is 0 Å². The van der Waals surface area contributed by atoms with Gasteiger partial charge < -0.3 is 14.5 Å². The molecule has 2 aliphatic heterocycles. The zero-order valence-corrected chi connectivity index (χ0v) is 16.7. The predicted octanol–water partition coefficient (Wildman–Crippen LogP) is 4.35. The Morgan fingerprint density at radius 3 is 2.71 bits per heavy atom. The number of anilines is 1. The van der Waals surface area contributed by atoms with E-state index in [0.717, 1.165) is 25.1 Å². The van der Waals surface area contributed by atoms with Crippen LogP contribution in [0.1, 0.15) is 37.0 Å². The van der Waals surface area contributed by atoms with Crippen molar-refractivity contribution in [1.82, 2.24) is 4.90 Å². The average molecular weight is 382 g/mol. The lowest BCUT2D eigenvalue weighted by molar-refractivity contribution is 0.0664. The first kappa shape index (κ1) is 18.8. The summed E-state index contributed by atoms with van der Waals surface area (Å²) >= 11 is 0. The molecule has 0 spiro atoms. The molecule has 2 atom stereocenters. The Morgan fingerprint density at radius 1 is 1.18 bits per heavy atom. The van der Waals surface area contributed by atoms with Gasteiger partial charge in [0.25, 0.3) is 5.91 Å². The summed E-state index contributed by atoms with van der Waals surface area (Å²) in [6.45, 7) is 5.84. The molecule has 4 nitrogen and oxygen atoms in total. The van der Waals surface area contributed by atoms with Gasteiger partial charge in [-0.3, -0.25) is 4.79 Å². The zero-order valence-electron chi connectivity index (χ0n) is 16.7. The van der Waals surface area contributed by atoms with Crippen LogP contribution in [-0.2, 0) is 0 Å². The summed E-state index contributed by atoms with van der Waals surface area (Å²) in [7, 11) is 1.59. The Morgan fingerprint density at radius 2 is 1.96 bits per heavy atom. The van der Waals surface area contributed by atoms with Gasteiger partial charge in [0.15, 0.2) is 0 Å². The molecule has 0 N–H and O–H groups in total. The first-order chi connectivity index (χ1) is 13.4. The van der Waals surface area contributed by atoms with Crippen LogP contribution < -0.4 is 9.64 Å². The topological polar surface area (TPSA) is 32.8 Å². The maximum absolute atomic E-state index is 13.8. The molecule has 2 saturated heterocycles. The highest BCUT2D eigenvalue weighted by Crippen LogP contribution is 2.45. The molecular weight excluding hydrogens is 355 g/mol. The predicted molar refractivity (Wildman–Crippen MR) is 108 cm³/mol. The third kappa shape index (κ3) is 3.23. The fourth-order valence-corrected chi connectivity index (χ4v) is 5.09. The first-order valence-electron chi connectivity index (χ1n) is 9.88. The zero-order chi connectivity index (χ0) is 19.9. The number of ether oxygens (including phenoxy) is 1. The molecule has 4 rings (SSSR count). The fourth-order valence-electron chi connectivity index (χ4n) is 5.09. The lowest BCUT2D eigenvalue weighted by Gasteiger charge is -2.42. The van der Waals surface area contributed by atoms with Gasteiger partial charge in [0.05, 0.1) is 12.7 Å². The minimum atomic E-state index is -0.208. The van der Waals surface area contributed by atoms with Crippen molar-refractivity contribution >= 4 is 11.6 Å². The van der Waals surface area contributed by atoms with Gasteiger partial charge in [0.2, 0.25) is 0 Å². The summed E-state index contributed by atoms with van der Waals surface area (Å²) in [5.41, 5.74) is 1.47. The molecule has 1 amide bonds. The number of amides is 1. The summed E-state index contributed by atoms with van der Waals surface area (Å²) in [5.74, 6) is 0.798. The minimum Gasteiger partial charge on any atom is -0.496 e. The van der Waals surface area contributed by atoms with E-state index in [1.807, 2.05) is 35.2 Å². The Labute approximate surface area is 165 Å². The largest absolute Gasteiger partial charge is 0.496 e. The van der Waals surface area contributed by atoms with Crippen LogP contribution in [0.5, 0.6) is 5.75 Å². The Balaban J connectivity index is 1.56. The van der Waals surface area contributed by atoms with E-state index in [4.69, 9.17) is 4.74 Å². The number of carbonyl (C=O) groups excluding carboxylic acids is 1. The Bertz CT molecular complexity index is 882. The minimum absolute atomic E-state index is 0.0258. The molecule has 0 saturated carbocycles. The molecule has 2 aliphatic rings. The number of hydrogen-bond donors (Lipinski definition) is 0. The van der Waals surface area contributed by atoms with Crippen LogP contribution in [0.2, 0.25) is 0 Å². The highest BCUT2D eigenvalue weighted by molar-refractivity contribution is 5.97. The quantitative estimate of drug-likeness (QED) is 0.791. The molecule has 0 aromatic heterocycles. The van der Waals surface area contributed by atoms with Crippen LogP contribution in [0, 0.1) is 11.7 Å². The van der Waals surface area contributed by atoms with Crippen LogP contribution in [0.3, 0.4) is 0 Å². The van der Waals surface area contributed by atoms with E-state index in [2.05, 4.69) is 18.7 Å². The molecule has 2 heterocycles. The van der Waals surface area contributed by atoms with Gasteiger partial charge in [0, 0.05) is 30.4 Å². The van der Waals surface area contributed by atoms with Crippen molar-refractivity contribution in [3.05, 3.63) is 59.9 Å². The third-order valence-electron chi connectivity index (χ3n) is 6.15. The number of likely N-dealkylation sites (tertiary alicyclic amines) is 1. The van der Waals surface area contributed by atoms with Crippen LogP contribution in [-0.4, -0.2) is 42.6 Å². The van der Waals surface area contributed by atoms with Gasteiger partial charge in [-0.25, -0.2) is 4.39 Å². The second-order valence-corrected chi connectivity index (χ2v) is 8.43. The van der Waals surface area contributed by atoms with E-state index in [1.165, 1.54) is 6.07 Å². The fraction of sp³-hybridized carbons (Fsp3) is 0.435. The number of rotatable bonds is 3. The van der Waals surface area contributed by atoms with Crippen LogP contribution in [0.4, 0.5) is 10.1 Å². The number of carbonyl (C=O) groups is 1. The molecule has 2 aromatic carbocycles. The second kappa shape index (κ2) is 7.12. The Kier molecular flexibility index (Phi) is 4.77. The van der Waals surface area contributed by atoms with Gasteiger partial charge in [0.1, 0.15) is 11.6 Å². The molecule has 5 heteroatoms. The summed E-state index contributed by atoms with van der Waals surface area (Å²) in [6.07, 6.45) is 1.86. The summed E-state index contributed by atoms with van der Waals surface area (Å²) in [4.78, 5) is 17.4. The number of hydrogen-bond acceptors (Lipinski definition) is 3. The first-order valence-corrected chi connectivity index (χ1v) is 9.88. The summed E-state index contributed by atoms with van der Waals surface area (Å²) < 4.78 is 19.2. The molecule has 148 valence electrons. The number of benzene rings is 2. The number of fused-ring (bicyclic) bond motifs is 1. The van der Waals surface area contributed by atoms with Gasteiger partial charge in [-0.15, -0.1) is 0 Å².